The van der Waals surface area contributed by atoms with Gasteiger partial charge in [-0.15, -0.1) is 0 Å². The van der Waals surface area contributed by atoms with Crippen LogP contribution in [0.2, 0.25) is 0 Å². The van der Waals surface area contributed by atoms with E-state index in [9.17, 15) is 9.90 Å². The molecule has 0 spiro atoms. The molecule has 0 fully saturated rings. The monoisotopic (exact) mass is 263 g/mol. The first-order valence-corrected chi connectivity index (χ1v) is 6.97. The molecular formula is C16H25NO2. The summed E-state index contributed by atoms with van der Waals surface area (Å²) < 4.78 is 0. The number of aliphatic hydroxyl groups is 1. The first-order chi connectivity index (χ1) is 8.89. The molecule has 1 amide bonds. The van der Waals surface area contributed by atoms with Crippen molar-refractivity contribution in [1.29, 1.82) is 0 Å². The number of amides is 1. The molecule has 0 atom stereocenters. The standard InChI is InChI=1S/C16H25NO2/c1-5-14(6-2)17(12-16(3,4)19)15(18)13-10-8-7-9-11-13/h7-11,14,19H,5-6,12H2,1-4H3. The third-order valence-corrected chi connectivity index (χ3v) is 3.22. The Morgan fingerprint density at radius 2 is 1.74 bits per heavy atom. The fourth-order valence-corrected chi connectivity index (χ4v) is 2.26. The maximum atomic E-state index is 12.6. The molecule has 1 aromatic rings. The van der Waals surface area contributed by atoms with Crippen LogP contribution in [-0.2, 0) is 0 Å². The minimum Gasteiger partial charge on any atom is -0.389 e. The first-order valence-electron chi connectivity index (χ1n) is 6.97. The zero-order valence-electron chi connectivity index (χ0n) is 12.4. The Labute approximate surface area is 116 Å². The molecule has 1 N–H and O–H groups in total. The van der Waals surface area contributed by atoms with Crippen LogP contribution in [0.15, 0.2) is 30.3 Å². The summed E-state index contributed by atoms with van der Waals surface area (Å²) in [5.41, 5.74) is -0.203. The summed E-state index contributed by atoms with van der Waals surface area (Å²) in [6.45, 7) is 7.97. The topological polar surface area (TPSA) is 40.5 Å². The number of hydrogen-bond donors (Lipinski definition) is 1. The van der Waals surface area contributed by atoms with Gasteiger partial charge in [0.25, 0.3) is 5.91 Å². The number of benzene rings is 1. The predicted molar refractivity (Wildman–Crippen MR) is 78.1 cm³/mol. The van der Waals surface area contributed by atoms with E-state index in [4.69, 9.17) is 0 Å². The van der Waals surface area contributed by atoms with Crippen molar-refractivity contribution in [3.63, 3.8) is 0 Å². The highest BCUT2D eigenvalue weighted by Crippen LogP contribution is 2.17. The van der Waals surface area contributed by atoms with Gasteiger partial charge in [-0.2, -0.15) is 0 Å². The van der Waals surface area contributed by atoms with Gasteiger partial charge in [0, 0.05) is 18.2 Å². The van der Waals surface area contributed by atoms with Crippen molar-refractivity contribution in [2.75, 3.05) is 6.54 Å². The van der Waals surface area contributed by atoms with Gasteiger partial charge in [0.2, 0.25) is 0 Å². The predicted octanol–water partition coefficient (Wildman–Crippen LogP) is 3.09. The van der Waals surface area contributed by atoms with Crippen LogP contribution in [0, 0.1) is 0 Å². The van der Waals surface area contributed by atoms with Crippen molar-refractivity contribution in [1.82, 2.24) is 4.90 Å². The molecule has 0 saturated carbocycles. The highest BCUT2D eigenvalue weighted by molar-refractivity contribution is 5.94. The van der Waals surface area contributed by atoms with Gasteiger partial charge in [-0.25, -0.2) is 0 Å². The van der Waals surface area contributed by atoms with Gasteiger partial charge < -0.3 is 10.0 Å². The van der Waals surface area contributed by atoms with Gasteiger partial charge in [-0.3, -0.25) is 4.79 Å². The van der Waals surface area contributed by atoms with Crippen molar-refractivity contribution in [2.45, 2.75) is 52.2 Å². The molecule has 0 bridgehead atoms. The quantitative estimate of drug-likeness (QED) is 0.856. The average molecular weight is 263 g/mol. The molecule has 0 heterocycles. The van der Waals surface area contributed by atoms with Crippen LogP contribution < -0.4 is 0 Å². The average Bonchev–Trinajstić information content (AvgIpc) is 2.38. The number of nitrogens with zero attached hydrogens (tertiary/aromatic N) is 1. The Hall–Kier alpha value is -1.35. The molecule has 1 aromatic carbocycles. The molecule has 0 aliphatic heterocycles. The minimum atomic E-state index is -0.882. The zero-order chi connectivity index (χ0) is 14.5. The summed E-state index contributed by atoms with van der Waals surface area (Å²) >= 11 is 0. The summed E-state index contributed by atoms with van der Waals surface area (Å²) in [5.74, 6) is -0.00331. The lowest BCUT2D eigenvalue weighted by Gasteiger charge is -2.35. The Kier molecular flexibility index (Phi) is 5.55. The largest absolute Gasteiger partial charge is 0.389 e. The van der Waals surface area contributed by atoms with Crippen LogP contribution in [0.3, 0.4) is 0 Å². The lowest BCUT2D eigenvalue weighted by molar-refractivity contribution is 0.0172. The van der Waals surface area contributed by atoms with Gasteiger partial charge in [0.1, 0.15) is 0 Å². The van der Waals surface area contributed by atoms with Crippen LogP contribution in [0.5, 0.6) is 0 Å². The number of carbonyl (C=O) groups is 1. The Bertz CT molecular complexity index is 391. The second-order valence-electron chi connectivity index (χ2n) is 5.58. The van der Waals surface area contributed by atoms with Crippen LogP contribution in [0.4, 0.5) is 0 Å². The molecule has 0 aliphatic carbocycles. The van der Waals surface area contributed by atoms with Crippen molar-refractivity contribution in [2.24, 2.45) is 0 Å². The molecule has 1 rings (SSSR count). The molecule has 0 aliphatic rings. The van der Waals surface area contributed by atoms with E-state index in [0.29, 0.717) is 12.1 Å². The van der Waals surface area contributed by atoms with Crippen LogP contribution in [-0.4, -0.2) is 34.1 Å². The van der Waals surface area contributed by atoms with E-state index in [2.05, 4.69) is 13.8 Å². The molecule has 19 heavy (non-hydrogen) atoms. The van der Waals surface area contributed by atoms with E-state index in [1.54, 1.807) is 18.7 Å². The Morgan fingerprint density at radius 1 is 1.21 bits per heavy atom. The van der Waals surface area contributed by atoms with Gasteiger partial charge in [0.05, 0.1) is 5.60 Å². The lowest BCUT2D eigenvalue weighted by atomic mass is 10.0. The van der Waals surface area contributed by atoms with Crippen molar-refractivity contribution < 1.29 is 9.90 Å². The maximum Gasteiger partial charge on any atom is 0.254 e. The number of rotatable bonds is 6. The van der Waals surface area contributed by atoms with Crippen LogP contribution >= 0.6 is 0 Å². The smallest absolute Gasteiger partial charge is 0.254 e. The number of hydrogen-bond acceptors (Lipinski definition) is 2. The fourth-order valence-electron chi connectivity index (χ4n) is 2.26. The lowest BCUT2D eigenvalue weighted by Crippen LogP contribution is -2.47. The summed E-state index contributed by atoms with van der Waals surface area (Å²) in [7, 11) is 0. The summed E-state index contributed by atoms with van der Waals surface area (Å²) in [4.78, 5) is 14.4. The van der Waals surface area contributed by atoms with Gasteiger partial charge in [-0.1, -0.05) is 32.0 Å². The SMILES string of the molecule is CCC(CC)N(CC(C)(C)O)C(=O)c1ccccc1. The Balaban J connectivity index is 2.99. The molecule has 0 radical (unpaired) electrons. The summed E-state index contributed by atoms with van der Waals surface area (Å²) in [6.07, 6.45) is 1.79. The van der Waals surface area contributed by atoms with Crippen LogP contribution in [0.25, 0.3) is 0 Å². The van der Waals surface area contributed by atoms with Gasteiger partial charge >= 0.3 is 0 Å². The fraction of sp³-hybridized carbons (Fsp3) is 0.562. The highest BCUT2D eigenvalue weighted by Gasteiger charge is 2.27. The normalized spacial score (nSPS) is 11.7. The summed E-state index contributed by atoms with van der Waals surface area (Å²) in [6, 6.07) is 9.43. The molecular weight excluding hydrogens is 238 g/mol. The van der Waals surface area contributed by atoms with E-state index in [1.165, 1.54) is 0 Å². The van der Waals surface area contributed by atoms with Crippen LogP contribution in [0.1, 0.15) is 50.9 Å². The molecule has 3 nitrogen and oxygen atoms in total. The molecule has 106 valence electrons. The maximum absolute atomic E-state index is 12.6. The Morgan fingerprint density at radius 3 is 2.16 bits per heavy atom. The second kappa shape index (κ2) is 6.71. The van der Waals surface area contributed by atoms with E-state index >= 15 is 0 Å². The molecule has 0 unspecified atom stereocenters. The van der Waals surface area contributed by atoms with E-state index < -0.39 is 5.60 Å². The molecule has 0 saturated heterocycles. The minimum absolute atomic E-state index is 0.00331. The number of carbonyl (C=O) groups excluding carboxylic acids is 1. The zero-order valence-corrected chi connectivity index (χ0v) is 12.4. The third-order valence-electron chi connectivity index (χ3n) is 3.22. The highest BCUT2D eigenvalue weighted by atomic mass is 16.3. The van der Waals surface area contributed by atoms with Gasteiger partial charge in [0.15, 0.2) is 0 Å². The van der Waals surface area contributed by atoms with E-state index in [1.807, 2.05) is 30.3 Å². The van der Waals surface area contributed by atoms with E-state index in [-0.39, 0.29) is 11.9 Å². The second-order valence-corrected chi connectivity index (χ2v) is 5.58. The molecule has 3 heteroatoms. The molecule has 0 aromatic heterocycles. The van der Waals surface area contributed by atoms with E-state index in [0.717, 1.165) is 12.8 Å². The van der Waals surface area contributed by atoms with Crippen molar-refractivity contribution in [3.05, 3.63) is 35.9 Å². The first kappa shape index (κ1) is 15.7. The van der Waals surface area contributed by atoms with Gasteiger partial charge in [-0.05, 0) is 38.8 Å². The van der Waals surface area contributed by atoms with Crippen molar-refractivity contribution in [3.8, 4) is 0 Å². The van der Waals surface area contributed by atoms with Crippen molar-refractivity contribution >= 4 is 5.91 Å². The summed E-state index contributed by atoms with van der Waals surface area (Å²) in [5, 5.41) is 10.0. The third kappa shape index (κ3) is 4.67.